The van der Waals surface area contributed by atoms with E-state index in [1.54, 1.807) is 7.05 Å². The van der Waals surface area contributed by atoms with Gasteiger partial charge in [-0.25, -0.2) is 0 Å². The van der Waals surface area contributed by atoms with Crippen molar-refractivity contribution in [2.45, 2.75) is 19.3 Å². The zero-order valence-electron chi connectivity index (χ0n) is 16.8. The maximum absolute atomic E-state index is 12.8. The third-order valence-electron chi connectivity index (χ3n) is 5.84. The number of nitrogens with one attached hydrogen (secondary N) is 1. The molecular formula is C24H27N3O2. The number of nitrogens with zero attached hydrogens (tertiary/aromatic N) is 2. The van der Waals surface area contributed by atoms with Crippen molar-refractivity contribution in [2.24, 2.45) is 5.41 Å². The quantitative estimate of drug-likeness (QED) is 0.671. The van der Waals surface area contributed by atoms with Crippen LogP contribution < -0.4 is 5.32 Å². The number of aromatic nitrogens is 1. The van der Waals surface area contributed by atoms with Gasteiger partial charge < -0.3 is 14.7 Å². The Balaban J connectivity index is 1.45. The van der Waals surface area contributed by atoms with Gasteiger partial charge in [-0.15, -0.1) is 0 Å². The van der Waals surface area contributed by atoms with E-state index in [1.165, 1.54) is 5.56 Å². The Labute approximate surface area is 171 Å². The van der Waals surface area contributed by atoms with Crippen molar-refractivity contribution < 1.29 is 9.32 Å². The molecule has 1 saturated heterocycles. The van der Waals surface area contributed by atoms with Gasteiger partial charge in [0.25, 0.3) is 0 Å². The highest BCUT2D eigenvalue weighted by Gasteiger charge is 2.44. The van der Waals surface area contributed by atoms with E-state index in [0.29, 0.717) is 6.42 Å². The van der Waals surface area contributed by atoms with Gasteiger partial charge in [-0.05, 0) is 24.9 Å². The summed E-state index contributed by atoms with van der Waals surface area (Å²) in [6.45, 7) is 2.61. The minimum Gasteiger partial charge on any atom is -0.361 e. The van der Waals surface area contributed by atoms with Crippen molar-refractivity contribution in [1.82, 2.24) is 15.4 Å². The second-order valence-corrected chi connectivity index (χ2v) is 7.84. The lowest BCUT2D eigenvalue weighted by Gasteiger charge is -2.26. The highest BCUT2D eigenvalue weighted by atomic mass is 16.5. The predicted octanol–water partition coefficient (Wildman–Crippen LogP) is 3.56. The molecule has 5 heteroatoms. The Bertz CT molecular complexity index is 939. The third kappa shape index (κ3) is 4.40. The van der Waals surface area contributed by atoms with Gasteiger partial charge in [-0.1, -0.05) is 65.8 Å². The SMILES string of the molecule is CNC(=O)[C@]1(Cc2cc(-c3ccccc3)no2)CCN(CCc2ccccc2)C1. The van der Waals surface area contributed by atoms with Crippen LogP contribution in [0.3, 0.4) is 0 Å². The summed E-state index contributed by atoms with van der Waals surface area (Å²) in [6.07, 6.45) is 2.38. The lowest BCUT2D eigenvalue weighted by molar-refractivity contribution is -0.130. The first-order valence-electron chi connectivity index (χ1n) is 10.2. The predicted molar refractivity (Wildman–Crippen MR) is 113 cm³/mol. The molecule has 1 aliphatic rings. The molecule has 0 saturated carbocycles. The summed E-state index contributed by atoms with van der Waals surface area (Å²) in [6, 6.07) is 22.4. The Morgan fingerprint density at radius 2 is 1.86 bits per heavy atom. The Morgan fingerprint density at radius 3 is 2.59 bits per heavy atom. The maximum Gasteiger partial charge on any atom is 0.227 e. The van der Waals surface area contributed by atoms with Crippen LogP contribution in [0, 0.1) is 5.41 Å². The number of likely N-dealkylation sites (tertiary alicyclic amines) is 1. The van der Waals surface area contributed by atoms with Crippen LogP contribution in [-0.4, -0.2) is 42.6 Å². The van der Waals surface area contributed by atoms with E-state index in [-0.39, 0.29) is 5.91 Å². The van der Waals surface area contributed by atoms with Gasteiger partial charge >= 0.3 is 0 Å². The molecule has 0 unspecified atom stereocenters. The monoisotopic (exact) mass is 389 g/mol. The van der Waals surface area contributed by atoms with Crippen molar-refractivity contribution in [3.05, 3.63) is 78.1 Å². The van der Waals surface area contributed by atoms with Crippen LogP contribution in [0.5, 0.6) is 0 Å². The van der Waals surface area contributed by atoms with E-state index < -0.39 is 5.41 Å². The number of carbonyl (C=O) groups is 1. The first-order valence-corrected chi connectivity index (χ1v) is 10.2. The highest BCUT2D eigenvalue weighted by Crippen LogP contribution is 2.35. The summed E-state index contributed by atoms with van der Waals surface area (Å²) in [5.41, 5.74) is 2.69. The molecule has 1 N–H and O–H groups in total. The fourth-order valence-corrected chi connectivity index (χ4v) is 4.23. The number of hydrogen-bond acceptors (Lipinski definition) is 4. The Kier molecular flexibility index (Phi) is 5.76. The second kappa shape index (κ2) is 8.62. The smallest absolute Gasteiger partial charge is 0.227 e. The van der Waals surface area contributed by atoms with Crippen LogP contribution in [0.25, 0.3) is 11.3 Å². The molecule has 3 aromatic rings. The van der Waals surface area contributed by atoms with E-state index in [0.717, 1.165) is 49.5 Å². The molecule has 1 aliphatic heterocycles. The van der Waals surface area contributed by atoms with E-state index in [1.807, 2.05) is 42.5 Å². The normalized spacial score (nSPS) is 19.3. The van der Waals surface area contributed by atoms with Crippen LogP contribution >= 0.6 is 0 Å². The molecule has 0 radical (unpaired) electrons. The number of hydrogen-bond donors (Lipinski definition) is 1. The average molecular weight is 389 g/mol. The van der Waals surface area contributed by atoms with Gasteiger partial charge in [-0.3, -0.25) is 4.79 Å². The molecular weight excluding hydrogens is 362 g/mol. The van der Waals surface area contributed by atoms with Crippen molar-refractivity contribution >= 4 is 5.91 Å². The second-order valence-electron chi connectivity index (χ2n) is 7.84. The standard InChI is InChI=1S/C24H27N3O2/c1-25-23(28)24(13-15-27(18-24)14-12-19-8-4-2-5-9-19)17-21-16-22(26-29-21)20-10-6-3-7-11-20/h2-11,16H,12-15,17-18H2,1H3,(H,25,28)/t24-/m0/s1. The summed E-state index contributed by atoms with van der Waals surface area (Å²) in [5, 5.41) is 7.09. The molecule has 5 nitrogen and oxygen atoms in total. The largest absolute Gasteiger partial charge is 0.361 e. The van der Waals surface area contributed by atoms with Gasteiger partial charge in [-0.2, -0.15) is 0 Å². The molecule has 1 amide bonds. The fourth-order valence-electron chi connectivity index (χ4n) is 4.23. The minimum atomic E-state index is -0.473. The molecule has 1 aromatic heterocycles. The summed E-state index contributed by atoms with van der Waals surface area (Å²) in [7, 11) is 1.71. The maximum atomic E-state index is 12.8. The van der Waals surface area contributed by atoms with Crippen LogP contribution in [-0.2, 0) is 17.6 Å². The molecule has 4 rings (SSSR count). The first-order chi connectivity index (χ1) is 14.2. The van der Waals surface area contributed by atoms with E-state index in [2.05, 4.69) is 39.6 Å². The average Bonchev–Trinajstić information content (AvgIpc) is 3.41. The van der Waals surface area contributed by atoms with Gasteiger partial charge in [0.2, 0.25) is 5.91 Å². The number of carbonyl (C=O) groups excluding carboxylic acids is 1. The summed E-state index contributed by atoms with van der Waals surface area (Å²) in [4.78, 5) is 15.2. The zero-order chi connectivity index (χ0) is 20.1. The van der Waals surface area contributed by atoms with Crippen LogP contribution in [0.4, 0.5) is 0 Å². The lowest BCUT2D eigenvalue weighted by atomic mass is 9.81. The van der Waals surface area contributed by atoms with Crippen molar-refractivity contribution in [1.29, 1.82) is 0 Å². The minimum absolute atomic E-state index is 0.0809. The molecule has 1 atom stereocenters. The van der Waals surface area contributed by atoms with E-state index >= 15 is 0 Å². The fraction of sp³-hybridized carbons (Fsp3) is 0.333. The summed E-state index contributed by atoms with van der Waals surface area (Å²) in [5.74, 6) is 0.842. The van der Waals surface area contributed by atoms with Crippen molar-refractivity contribution in [3.63, 3.8) is 0 Å². The van der Waals surface area contributed by atoms with Crippen molar-refractivity contribution in [2.75, 3.05) is 26.7 Å². The molecule has 0 bridgehead atoms. The third-order valence-corrected chi connectivity index (χ3v) is 5.84. The van der Waals surface area contributed by atoms with Crippen LogP contribution in [0.1, 0.15) is 17.7 Å². The first kappa shape index (κ1) is 19.4. The summed E-state index contributed by atoms with van der Waals surface area (Å²) < 4.78 is 5.62. The van der Waals surface area contributed by atoms with E-state index in [9.17, 15) is 4.79 Å². The summed E-state index contributed by atoms with van der Waals surface area (Å²) >= 11 is 0. The molecule has 2 heterocycles. The molecule has 150 valence electrons. The van der Waals surface area contributed by atoms with Gasteiger partial charge in [0.1, 0.15) is 11.5 Å². The van der Waals surface area contributed by atoms with Gasteiger partial charge in [0.05, 0.1) is 5.41 Å². The van der Waals surface area contributed by atoms with Crippen LogP contribution in [0.2, 0.25) is 0 Å². The number of benzene rings is 2. The van der Waals surface area contributed by atoms with Gasteiger partial charge in [0, 0.05) is 38.2 Å². The Hall–Kier alpha value is -2.92. The molecule has 29 heavy (non-hydrogen) atoms. The van der Waals surface area contributed by atoms with E-state index in [4.69, 9.17) is 4.52 Å². The molecule has 2 aromatic carbocycles. The number of amides is 1. The molecule has 1 fully saturated rings. The van der Waals surface area contributed by atoms with Crippen molar-refractivity contribution in [3.8, 4) is 11.3 Å². The van der Waals surface area contributed by atoms with Gasteiger partial charge in [0.15, 0.2) is 0 Å². The lowest BCUT2D eigenvalue weighted by Crippen LogP contribution is -2.43. The Morgan fingerprint density at radius 1 is 1.14 bits per heavy atom. The number of rotatable bonds is 7. The zero-order valence-corrected chi connectivity index (χ0v) is 16.8. The topological polar surface area (TPSA) is 58.4 Å². The van der Waals surface area contributed by atoms with Crippen LogP contribution in [0.15, 0.2) is 71.3 Å². The molecule has 0 aliphatic carbocycles. The molecule has 0 spiro atoms. The highest BCUT2D eigenvalue weighted by molar-refractivity contribution is 5.83.